The first kappa shape index (κ1) is 15.0. The fourth-order valence-corrected chi connectivity index (χ4v) is 2.12. The third kappa shape index (κ3) is 3.44. The Labute approximate surface area is 141 Å². The van der Waals surface area contributed by atoms with Crippen molar-refractivity contribution in [1.82, 2.24) is 20.4 Å². The summed E-state index contributed by atoms with van der Waals surface area (Å²) in [5, 5.41) is 20.5. The summed E-state index contributed by atoms with van der Waals surface area (Å²) in [7, 11) is 0. The summed E-state index contributed by atoms with van der Waals surface area (Å²) in [5.41, 5.74) is 1.47. The summed E-state index contributed by atoms with van der Waals surface area (Å²) in [5.74, 6) is 0.674. The highest BCUT2D eigenvalue weighted by Crippen LogP contribution is 2.26. The van der Waals surface area contributed by atoms with Crippen LogP contribution in [0.15, 0.2) is 42.5 Å². The van der Waals surface area contributed by atoms with Gasteiger partial charge in [0, 0.05) is 16.3 Å². The minimum absolute atomic E-state index is 0.260. The number of halogens is 3. The molecule has 0 amide bonds. The van der Waals surface area contributed by atoms with E-state index in [4.69, 9.17) is 34.8 Å². The van der Waals surface area contributed by atoms with Crippen LogP contribution in [0.25, 0.3) is 11.4 Å². The maximum Gasteiger partial charge on any atom is 0.266 e. The largest absolute Gasteiger partial charge is 0.322 e. The quantitative estimate of drug-likeness (QED) is 0.744. The standard InChI is InChI=1S/C14H8Cl3N5/c15-9-3-1-8(2-4-9)13-19-21-14(22-20-13)18-10-5-6-11(16)12(17)7-10/h1-7H,(H,18,21,22). The van der Waals surface area contributed by atoms with Crippen molar-refractivity contribution in [3.63, 3.8) is 0 Å². The van der Waals surface area contributed by atoms with E-state index in [1.165, 1.54) is 0 Å². The summed E-state index contributed by atoms with van der Waals surface area (Å²) in [6.45, 7) is 0. The van der Waals surface area contributed by atoms with E-state index in [-0.39, 0.29) is 5.95 Å². The van der Waals surface area contributed by atoms with Crippen molar-refractivity contribution in [3.05, 3.63) is 57.5 Å². The van der Waals surface area contributed by atoms with E-state index in [9.17, 15) is 0 Å². The number of hydrogen-bond donors (Lipinski definition) is 1. The zero-order valence-corrected chi connectivity index (χ0v) is 13.2. The molecule has 0 fully saturated rings. The Morgan fingerprint density at radius 1 is 0.727 bits per heavy atom. The molecule has 1 N–H and O–H groups in total. The van der Waals surface area contributed by atoms with Crippen LogP contribution in [0, 0.1) is 0 Å². The first-order valence-electron chi connectivity index (χ1n) is 6.17. The minimum Gasteiger partial charge on any atom is -0.322 e. The van der Waals surface area contributed by atoms with Crippen LogP contribution < -0.4 is 5.32 Å². The molecule has 1 aromatic heterocycles. The number of aromatic nitrogens is 4. The lowest BCUT2D eigenvalue weighted by Crippen LogP contribution is -2.02. The number of hydrogen-bond acceptors (Lipinski definition) is 5. The first-order chi connectivity index (χ1) is 10.6. The van der Waals surface area contributed by atoms with Crippen molar-refractivity contribution in [2.45, 2.75) is 0 Å². The molecule has 5 nitrogen and oxygen atoms in total. The summed E-state index contributed by atoms with van der Waals surface area (Å²) in [4.78, 5) is 0. The smallest absolute Gasteiger partial charge is 0.266 e. The van der Waals surface area contributed by atoms with Gasteiger partial charge in [0.25, 0.3) is 5.95 Å². The van der Waals surface area contributed by atoms with Crippen LogP contribution in [0.3, 0.4) is 0 Å². The first-order valence-corrected chi connectivity index (χ1v) is 7.30. The molecule has 0 unspecified atom stereocenters. The zero-order valence-electron chi connectivity index (χ0n) is 11.0. The SMILES string of the molecule is Clc1ccc(-c2nnc(Nc3ccc(Cl)c(Cl)c3)nn2)cc1. The van der Waals surface area contributed by atoms with Crippen molar-refractivity contribution in [3.8, 4) is 11.4 Å². The number of nitrogens with one attached hydrogen (secondary N) is 1. The van der Waals surface area contributed by atoms with Crippen LogP contribution in [-0.4, -0.2) is 20.4 Å². The maximum absolute atomic E-state index is 5.94. The molecular formula is C14H8Cl3N5. The summed E-state index contributed by atoms with van der Waals surface area (Å²) >= 11 is 17.6. The lowest BCUT2D eigenvalue weighted by molar-refractivity contribution is 0.876. The van der Waals surface area contributed by atoms with Gasteiger partial charge < -0.3 is 5.32 Å². The van der Waals surface area contributed by atoms with Crippen LogP contribution >= 0.6 is 34.8 Å². The van der Waals surface area contributed by atoms with Gasteiger partial charge in [-0.2, -0.15) is 0 Å². The third-order valence-corrected chi connectivity index (χ3v) is 3.75. The van der Waals surface area contributed by atoms with Crippen molar-refractivity contribution < 1.29 is 0 Å². The topological polar surface area (TPSA) is 63.6 Å². The van der Waals surface area contributed by atoms with Crippen molar-refractivity contribution in [1.29, 1.82) is 0 Å². The molecule has 0 saturated carbocycles. The molecule has 0 saturated heterocycles. The Kier molecular flexibility index (Phi) is 4.38. The van der Waals surface area contributed by atoms with Gasteiger partial charge in [-0.15, -0.1) is 20.4 Å². The van der Waals surface area contributed by atoms with Crippen LogP contribution in [0.1, 0.15) is 0 Å². The van der Waals surface area contributed by atoms with E-state index < -0.39 is 0 Å². The zero-order chi connectivity index (χ0) is 15.5. The van der Waals surface area contributed by atoms with Gasteiger partial charge in [0.15, 0.2) is 0 Å². The van der Waals surface area contributed by atoms with Crippen molar-refractivity contribution in [2.24, 2.45) is 0 Å². The molecule has 0 radical (unpaired) electrons. The van der Waals surface area contributed by atoms with E-state index in [1.807, 2.05) is 0 Å². The third-order valence-electron chi connectivity index (χ3n) is 2.76. The van der Waals surface area contributed by atoms with E-state index >= 15 is 0 Å². The average Bonchev–Trinajstić information content (AvgIpc) is 2.53. The summed E-state index contributed by atoms with van der Waals surface area (Å²) in [6.07, 6.45) is 0. The number of benzene rings is 2. The molecule has 0 atom stereocenters. The van der Waals surface area contributed by atoms with Gasteiger partial charge in [-0.25, -0.2) is 0 Å². The Morgan fingerprint density at radius 2 is 1.41 bits per heavy atom. The molecule has 110 valence electrons. The molecule has 0 bridgehead atoms. The van der Waals surface area contributed by atoms with Crippen molar-refractivity contribution in [2.75, 3.05) is 5.32 Å². The van der Waals surface area contributed by atoms with E-state index in [2.05, 4.69) is 25.7 Å². The summed E-state index contributed by atoms with van der Waals surface area (Å²) in [6, 6.07) is 12.2. The lowest BCUT2D eigenvalue weighted by Gasteiger charge is -2.05. The predicted octanol–water partition coefficient (Wildman–Crippen LogP) is 4.64. The second kappa shape index (κ2) is 6.44. The normalized spacial score (nSPS) is 10.5. The number of anilines is 2. The molecule has 0 aliphatic rings. The fourth-order valence-electron chi connectivity index (χ4n) is 1.70. The molecule has 3 rings (SSSR count). The van der Waals surface area contributed by atoms with E-state index in [0.717, 1.165) is 5.56 Å². The van der Waals surface area contributed by atoms with E-state index in [1.54, 1.807) is 42.5 Å². The summed E-state index contributed by atoms with van der Waals surface area (Å²) < 4.78 is 0. The van der Waals surface area contributed by atoms with Gasteiger partial charge >= 0.3 is 0 Å². The molecule has 8 heteroatoms. The molecule has 3 aromatic rings. The van der Waals surface area contributed by atoms with Gasteiger partial charge in [-0.3, -0.25) is 0 Å². The average molecular weight is 353 g/mol. The van der Waals surface area contributed by atoms with Crippen LogP contribution in [0.4, 0.5) is 11.6 Å². The fraction of sp³-hybridized carbons (Fsp3) is 0. The molecule has 1 heterocycles. The molecular weight excluding hydrogens is 345 g/mol. The number of rotatable bonds is 3. The second-order valence-corrected chi connectivity index (χ2v) is 5.56. The lowest BCUT2D eigenvalue weighted by atomic mass is 10.2. The van der Waals surface area contributed by atoms with Gasteiger partial charge in [-0.05, 0) is 42.5 Å². The molecule has 0 spiro atoms. The highest BCUT2D eigenvalue weighted by molar-refractivity contribution is 6.42. The number of nitrogens with zero attached hydrogens (tertiary/aromatic N) is 4. The maximum atomic E-state index is 5.94. The Bertz CT molecular complexity index is 791. The van der Waals surface area contributed by atoms with Gasteiger partial charge in [0.05, 0.1) is 10.0 Å². The highest BCUT2D eigenvalue weighted by atomic mass is 35.5. The molecule has 2 aromatic carbocycles. The van der Waals surface area contributed by atoms with Crippen LogP contribution in [0.5, 0.6) is 0 Å². The predicted molar refractivity (Wildman–Crippen MR) is 87.8 cm³/mol. The van der Waals surface area contributed by atoms with Gasteiger partial charge in [0.2, 0.25) is 5.82 Å². The van der Waals surface area contributed by atoms with Crippen LogP contribution in [-0.2, 0) is 0 Å². The monoisotopic (exact) mass is 351 g/mol. The molecule has 0 aliphatic heterocycles. The highest BCUT2D eigenvalue weighted by Gasteiger charge is 2.06. The second-order valence-electron chi connectivity index (χ2n) is 4.31. The Morgan fingerprint density at radius 3 is 2.05 bits per heavy atom. The molecule has 0 aliphatic carbocycles. The van der Waals surface area contributed by atoms with Gasteiger partial charge in [0.1, 0.15) is 0 Å². The van der Waals surface area contributed by atoms with E-state index in [0.29, 0.717) is 26.6 Å². The van der Waals surface area contributed by atoms with Gasteiger partial charge in [-0.1, -0.05) is 34.8 Å². The molecule has 22 heavy (non-hydrogen) atoms. The Hall–Kier alpha value is -1.95. The van der Waals surface area contributed by atoms with Crippen molar-refractivity contribution >= 4 is 46.4 Å². The minimum atomic E-state index is 0.260. The van der Waals surface area contributed by atoms with Crippen LogP contribution in [0.2, 0.25) is 15.1 Å². The Balaban J connectivity index is 1.79.